The summed E-state index contributed by atoms with van der Waals surface area (Å²) in [5.74, 6) is 0.465. The topological polar surface area (TPSA) is 75.6 Å². The van der Waals surface area contributed by atoms with Crippen LogP contribution in [-0.2, 0) is 16.6 Å². The van der Waals surface area contributed by atoms with E-state index in [0.717, 1.165) is 0 Å². The minimum absolute atomic E-state index is 0.106. The van der Waals surface area contributed by atoms with Gasteiger partial charge in [-0.25, -0.2) is 13.1 Å². The molecule has 2 N–H and O–H groups in total. The van der Waals surface area contributed by atoms with Gasteiger partial charge in [-0.2, -0.15) is 0 Å². The van der Waals surface area contributed by atoms with Gasteiger partial charge in [0.05, 0.1) is 18.6 Å². The van der Waals surface area contributed by atoms with E-state index in [1.807, 2.05) is 0 Å². The molecule has 15 heavy (non-hydrogen) atoms. The zero-order valence-electron chi connectivity index (χ0n) is 8.52. The van der Waals surface area contributed by atoms with Gasteiger partial charge in [0, 0.05) is 5.56 Å². The first kappa shape index (κ1) is 12.0. The Morgan fingerprint density at radius 2 is 2.13 bits per heavy atom. The fraction of sp³-hybridized carbons (Fsp3) is 0.333. The smallest absolute Gasteiger partial charge is 0.240 e. The summed E-state index contributed by atoms with van der Waals surface area (Å²) in [6, 6.07) is 4.31. The molecule has 0 spiro atoms. The maximum atomic E-state index is 11.4. The summed E-state index contributed by atoms with van der Waals surface area (Å²) >= 11 is 0. The van der Waals surface area contributed by atoms with Gasteiger partial charge in [0.1, 0.15) is 5.75 Å². The van der Waals surface area contributed by atoms with E-state index in [4.69, 9.17) is 9.84 Å². The summed E-state index contributed by atoms with van der Waals surface area (Å²) in [7, 11) is -0.682. The van der Waals surface area contributed by atoms with E-state index in [-0.39, 0.29) is 11.5 Å². The van der Waals surface area contributed by atoms with E-state index in [0.29, 0.717) is 11.3 Å². The van der Waals surface area contributed by atoms with Crippen molar-refractivity contribution in [2.75, 3.05) is 14.2 Å². The van der Waals surface area contributed by atoms with Crippen molar-refractivity contribution in [3.05, 3.63) is 23.8 Å². The highest BCUT2D eigenvalue weighted by molar-refractivity contribution is 7.89. The van der Waals surface area contributed by atoms with Crippen LogP contribution in [0, 0.1) is 0 Å². The lowest BCUT2D eigenvalue weighted by molar-refractivity contribution is 0.273. The molecule has 0 aromatic heterocycles. The molecule has 0 atom stereocenters. The van der Waals surface area contributed by atoms with E-state index < -0.39 is 10.0 Å². The van der Waals surface area contributed by atoms with Crippen molar-refractivity contribution in [1.82, 2.24) is 4.72 Å². The molecule has 0 aliphatic rings. The highest BCUT2D eigenvalue weighted by atomic mass is 32.2. The van der Waals surface area contributed by atoms with Crippen molar-refractivity contribution >= 4 is 10.0 Å². The number of sulfonamides is 1. The van der Waals surface area contributed by atoms with Gasteiger partial charge in [-0.3, -0.25) is 0 Å². The number of benzene rings is 1. The van der Waals surface area contributed by atoms with Gasteiger partial charge in [-0.05, 0) is 25.2 Å². The zero-order chi connectivity index (χ0) is 11.5. The van der Waals surface area contributed by atoms with Crippen LogP contribution in [0.5, 0.6) is 5.75 Å². The summed E-state index contributed by atoms with van der Waals surface area (Å²) in [6.07, 6.45) is 0. The summed E-state index contributed by atoms with van der Waals surface area (Å²) in [5.41, 5.74) is 0.439. The third-order valence-electron chi connectivity index (χ3n) is 2.00. The van der Waals surface area contributed by atoms with E-state index in [1.54, 1.807) is 0 Å². The van der Waals surface area contributed by atoms with Crippen LogP contribution < -0.4 is 9.46 Å². The van der Waals surface area contributed by atoms with Gasteiger partial charge in [0.2, 0.25) is 10.0 Å². The normalized spacial score (nSPS) is 11.4. The quantitative estimate of drug-likeness (QED) is 0.770. The molecule has 0 saturated heterocycles. The average Bonchev–Trinajstić information content (AvgIpc) is 2.28. The molecule has 0 unspecified atom stereocenters. The minimum atomic E-state index is -3.47. The van der Waals surface area contributed by atoms with Crippen molar-refractivity contribution < 1.29 is 18.3 Å². The highest BCUT2D eigenvalue weighted by Gasteiger charge is 2.13. The number of aliphatic hydroxyl groups is 1. The third-order valence-corrected chi connectivity index (χ3v) is 3.41. The number of nitrogens with one attached hydrogen (secondary N) is 1. The molecule has 5 nitrogen and oxygen atoms in total. The van der Waals surface area contributed by atoms with E-state index in [9.17, 15) is 8.42 Å². The molecule has 0 aliphatic carbocycles. The lowest BCUT2D eigenvalue weighted by Crippen LogP contribution is -2.18. The number of hydrogen-bond acceptors (Lipinski definition) is 4. The van der Waals surface area contributed by atoms with Crippen LogP contribution in [-0.4, -0.2) is 27.7 Å². The van der Waals surface area contributed by atoms with Crippen LogP contribution in [0.25, 0.3) is 0 Å². The van der Waals surface area contributed by atoms with Crippen LogP contribution >= 0.6 is 0 Å². The minimum Gasteiger partial charge on any atom is -0.496 e. The molecule has 0 aliphatic heterocycles. The van der Waals surface area contributed by atoms with Crippen molar-refractivity contribution in [3.63, 3.8) is 0 Å². The molecule has 0 fully saturated rings. The summed E-state index contributed by atoms with van der Waals surface area (Å²) in [4.78, 5) is 0.106. The van der Waals surface area contributed by atoms with E-state index in [2.05, 4.69) is 4.72 Å². The Balaban J connectivity index is 3.26. The summed E-state index contributed by atoms with van der Waals surface area (Å²) in [6.45, 7) is -0.268. The zero-order valence-corrected chi connectivity index (χ0v) is 9.34. The Morgan fingerprint density at radius 3 is 2.60 bits per heavy atom. The fourth-order valence-corrected chi connectivity index (χ4v) is 1.94. The molecule has 1 aromatic rings. The summed E-state index contributed by atoms with van der Waals surface area (Å²) in [5, 5.41) is 9.02. The van der Waals surface area contributed by atoms with Gasteiger partial charge >= 0.3 is 0 Å². The van der Waals surface area contributed by atoms with Crippen LogP contribution in [0.1, 0.15) is 5.56 Å². The first-order valence-corrected chi connectivity index (χ1v) is 5.74. The van der Waals surface area contributed by atoms with Gasteiger partial charge in [0.15, 0.2) is 0 Å². The monoisotopic (exact) mass is 231 g/mol. The van der Waals surface area contributed by atoms with Crippen molar-refractivity contribution in [2.45, 2.75) is 11.5 Å². The molecule has 1 rings (SSSR count). The number of hydrogen-bond donors (Lipinski definition) is 2. The number of rotatable bonds is 4. The second kappa shape index (κ2) is 4.61. The van der Waals surface area contributed by atoms with Crippen molar-refractivity contribution in [3.8, 4) is 5.75 Å². The average molecular weight is 231 g/mol. The van der Waals surface area contributed by atoms with Gasteiger partial charge in [-0.1, -0.05) is 0 Å². The van der Waals surface area contributed by atoms with Crippen LogP contribution in [0.15, 0.2) is 23.1 Å². The van der Waals surface area contributed by atoms with Crippen LogP contribution in [0.2, 0.25) is 0 Å². The first-order chi connectivity index (χ1) is 7.05. The predicted octanol–water partition coefficient (Wildman–Crippen LogP) is 0.0956. The van der Waals surface area contributed by atoms with Crippen LogP contribution in [0.3, 0.4) is 0 Å². The standard InChI is InChI=1S/C9H13NO4S/c1-10-15(12,13)8-3-4-9(14-2)7(5-8)6-11/h3-5,10-11H,6H2,1-2H3. The van der Waals surface area contributed by atoms with Gasteiger partial charge < -0.3 is 9.84 Å². The second-order valence-electron chi connectivity index (χ2n) is 2.84. The maximum absolute atomic E-state index is 11.4. The van der Waals surface area contributed by atoms with Crippen molar-refractivity contribution in [1.29, 1.82) is 0 Å². The molecule has 0 heterocycles. The molecule has 1 aromatic carbocycles. The second-order valence-corrected chi connectivity index (χ2v) is 4.73. The summed E-state index contributed by atoms with van der Waals surface area (Å²) < 4.78 is 30.0. The lowest BCUT2D eigenvalue weighted by atomic mass is 10.2. The largest absolute Gasteiger partial charge is 0.496 e. The number of methoxy groups -OCH3 is 1. The number of ether oxygens (including phenoxy) is 1. The maximum Gasteiger partial charge on any atom is 0.240 e. The Kier molecular flexibility index (Phi) is 3.67. The Bertz CT molecular complexity index is 441. The third kappa shape index (κ3) is 2.47. The molecule has 0 radical (unpaired) electrons. The molecule has 6 heteroatoms. The van der Waals surface area contributed by atoms with Crippen LogP contribution in [0.4, 0.5) is 0 Å². The van der Waals surface area contributed by atoms with Gasteiger partial charge in [0.25, 0.3) is 0 Å². The van der Waals surface area contributed by atoms with E-state index >= 15 is 0 Å². The van der Waals surface area contributed by atoms with E-state index in [1.165, 1.54) is 32.4 Å². The molecule has 0 amide bonds. The fourth-order valence-electron chi connectivity index (χ4n) is 1.16. The SMILES string of the molecule is CNS(=O)(=O)c1ccc(OC)c(CO)c1. The first-order valence-electron chi connectivity index (χ1n) is 4.26. The lowest BCUT2D eigenvalue weighted by Gasteiger charge is -2.08. The molecule has 0 saturated carbocycles. The Labute approximate surface area is 88.7 Å². The molecular weight excluding hydrogens is 218 g/mol. The van der Waals surface area contributed by atoms with Crippen molar-refractivity contribution in [2.24, 2.45) is 0 Å². The predicted molar refractivity (Wildman–Crippen MR) is 55.2 cm³/mol. The number of aliphatic hydroxyl groups excluding tert-OH is 1. The Hall–Kier alpha value is -1.11. The Morgan fingerprint density at radius 1 is 1.47 bits per heavy atom. The molecule has 0 bridgehead atoms. The molecule has 84 valence electrons. The highest BCUT2D eigenvalue weighted by Crippen LogP contribution is 2.21. The molecular formula is C9H13NO4S. The van der Waals surface area contributed by atoms with Gasteiger partial charge in [-0.15, -0.1) is 0 Å².